The van der Waals surface area contributed by atoms with E-state index in [1.807, 2.05) is 31.2 Å². The predicted octanol–water partition coefficient (Wildman–Crippen LogP) is 2.64. The second-order valence-corrected chi connectivity index (χ2v) is 5.44. The molecule has 0 spiro atoms. The van der Waals surface area contributed by atoms with Crippen molar-refractivity contribution in [2.45, 2.75) is 31.8 Å². The van der Waals surface area contributed by atoms with Gasteiger partial charge in [0.1, 0.15) is 5.82 Å². The first-order chi connectivity index (χ1) is 9.72. The van der Waals surface area contributed by atoms with Crippen molar-refractivity contribution < 1.29 is 9.18 Å². The Bertz CT molecular complexity index is 690. The molecule has 2 unspecified atom stereocenters. The minimum Gasteiger partial charge on any atom is -0.375 e. The third kappa shape index (κ3) is 1.31. The fraction of sp³-hybridized carbons (Fsp3) is 0.312. The van der Waals surface area contributed by atoms with Crippen LogP contribution < -0.4 is 10.6 Å². The number of amides is 1. The highest BCUT2D eigenvalue weighted by Gasteiger charge is 2.40. The van der Waals surface area contributed by atoms with Crippen molar-refractivity contribution in [1.29, 1.82) is 0 Å². The highest BCUT2D eigenvalue weighted by Crippen LogP contribution is 2.46. The van der Waals surface area contributed by atoms with Gasteiger partial charge in [-0.15, -0.1) is 0 Å². The van der Waals surface area contributed by atoms with Crippen LogP contribution in [0.2, 0.25) is 0 Å². The van der Waals surface area contributed by atoms with E-state index in [-0.39, 0.29) is 23.7 Å². The highest BCUT2D eigenvalue weighted by molar-refractivity contribution is 6.02. The zero-order valence-electron chi connectivity index (χ0n) is 11.2. The third-order valence-corrected chi connectivity index (χ3v) is 4.47. The number of nitrogens with one attached hydrogen (secondary N) is 2. The molecule has 0 radical (unpaired) electrons. The van der Waals surface area contributed by atoms with Crippen molar-refractivity contribution in [3.05, 3.63) is 52.4 Å². The minimum absolute atomic E-state index is 0.0491. The molecular formula is C16H15FN2O. The lowest BCUT2D eigenvalue weighted by Gasteiger charge is -2.17. The van der Waals surface area contributed by atoms with Crippen LogP contribution in [0.3, 0.4) is 0 Å². The summed E-state index contributed by atoms with van der Waals surface area (Å²) in [5, 5.41) is 6.07. The van der Waals surface area contributed by atoms with Crippen LogP contribution >= 0.6 is 0 Å². The van der Waals surface area contributed by atoms with Crippen LogP contribution in [0.1, 0.15) is 39.9 Å². The smallest absolute Gasteiger partial charge is 0.252 e. The maximum absolute atomic E-state index is 14.7. The van der Waals surface area contributed by atoms with Crippen LogP contribution in [0.25, 0.3) is 0 Å². The summed E-state index contributed by atoms with van der Waals surface area (Å²) in [7, 11) is 0. The number of carbonyl (C=O) groups excluding carboxylic acids is 1. The van der Waals surface area contributed by atoms with E-state index in [0.717, 1.165) is 11.1 Å². The zero-order valence-corrected chi connectivity index (χ0v) is 11.2. The molecule has 3 nitrogen and oxygen atoms in total. The maximum atomic E-state index is 14.7. The van der Waals surface area contributed by atoms with Gasteiger partial charge in [-0.25, -0.2) is 4.39 Å². The van der Waals surface area contributed by atoms with E-state index >= 15 is 0 Å². The van der Waals surface area contributed by atoms with Crippen LogP contribution in [0, 0.1) is 5.82 Å². The lowest BCUT2D eigenvalue weighted by Crippen LogP contribution is -2.19. The topological polar surface area (TPSA) is 41.1 Å². The van der Waals surface area contributed by atoms with E-state index in [2.05, 4.69) is 10.6 Å². The van der Waals surface area contributed by atoms with E-state index in [4.69, 9.17) is 0 Å². The summed E-state index contributed by atoms with van der Waals surface area (Å²) in [6.07, 6.45) is 8.58. The molecular weight excluding hydrogens is 255 g/mol. The first kappa shape index (κ1) is 11.7. The molecule has 1 aromatic carbocycles. The van der Waals surface area contributed by atoms with Gasteiger partial charge in [-0.1, -0.05) is 31.2 Å². The summed E-state index contributed by atoms with van der Waals surface area (Å²) in [5.74, 6) is -0.210. The fourth-order valence-electron chi connectivity index (χ4n) is 3.58. The molecule has 0 saturated carbocycles. The molecule has 20 heavy (non-hydrogen) atoms. The Kier molecular flexibility index (Phi) is 2.31. The van der Waals surface area contributed by atoms with Gasteiger partial charge in [0.05, 0.1) is 17.3 Å². The number of hydrogen-bond donors (Lipinski definition) is 2. The van der Waals surface area contributed by atoms with Crippen molar-refractivity contribution in [2.24, 2.45) is 0 Å². The Morgan fingerprint density at radius 1 is 1.35 bits per heavy atom. The van der Waals surface area contributed by atoms with Gasteiger partial charge < -0.3 is 10.6 Å². The number of rotatable bonds is 1. The fourth-order valence-corrected chi connectivity index (χ4v) is 3.58. The van der Waals surface area contributed by atoms with Crippen LogP contribution in [0.15, 0.2) is 24.3 Å². The number of benzene rings is 1. The molecule has 0 fully saturated rings. The van der Waals surface area contributed by atoms with Gasteiger partial charge in [-0.2, -0.15) is 0 Å². The molecule has 4 heteroatoms. The lowest BCUT2D eigenvalue weighted by atomic mass is 9.85. The summed E-state index contributed by atoms with van der Waals surface area (Å²) in [6, 6.07) is 0.0501. The van der Waals surface area contributed by atoms with Crippen molar-refractivity contribution in [2.75, 3.05) is 5.32 Å². The van der Waals surface area contributed by atoms with E-state index in [9.17, 15) is 9.18 Å². The van der Waals surface area contributed by atoms with Crippen molar-refractivity contribution in [3.8, 4) is 0 Å². The van der Waals surface area contributed by atoms with Crippen LogP contribution in [-0.2, 0) is 13.0 Å². The highest BCUT2D eigenvalue weighted by atomic mass is 19.1. The minimum atomic E-state index is -0.186. The molecule has 102 valence electrons. The zero-order chi connectivity index (χ0) is 13.9. The second-order valence-electron chi connectivity index (χ2n) is 5.44. The molecule has 0 bridgehead atoms. The van der Waals surface area contributed by atoms with Gasteiger partial charge in [0.2, 0.25) is 0 Å². The quantitative estimate of drug-likeness (QED) is 0.823. The monoisotopic (exact) mass is 270 g/mol. The standard InChI is InChI=1S/C16H15FN2O/c1-2-8-10-7-18-16(20)13(10)12-9-5-3-4-6-11(9)19-15(12)14(8)17/h3-6,9,11,19H,2,7H2,1H3,(H,18,20). The van der Waals surface area contributed by atoms with Crippen LogP contribution in [0.5, 0.6) is 0 Å². The van der Waals surface area contributed by atoms with E-state index in [1.165, 1.54) is 0 Å². The molecule has 0 aromatic heterocycles. The van der Waals surface area contributed by atoms with Crippen molar-refractivity contribution >= 4 is 11.6 Å². The summed E-state index contributed by atoms with van der Waals surface area (Å²) in [4.78, 5) is 12.2. The van der Waals surface area contributed by atoms with E-state index in [0.29, 0.717) is 29.8 Å². The van der Waals surface area contributed by atoms with Gasteiger partial charge >= 0.3 is 0 Å². The Morgan fingerprint density at radius 3 is 2.95 bits per heavy atom. The Balaban J connectivity index is 2.04. The molecule has 1 aliphatic carbocycles. The Morgan fingerprint density at radius 2 is 2.15 bits per heavy atom. The summed E-state index contributed by atoms with van der Waals surface area (Å²) < 4.78 is 14.7. The summed E-state index contributed by atoms with van der Waals surface area (Å²) >= 11 is 0. The molecule has 2 N–H and O–H groups in total. The number of carbonyl (C=O) groups is 1. The molecule has 2 atom stereocenters. The predicted molar refractivity (Wildman–Crippen MR) is 75.4 cm³/mol. The third-order valence-electron chi connectivity index (χ3n) is 4.47. The van der Waals surface area contributed by atoms with Gasteiger partial charge in [0.15, 0.2) is 0 Å². The van der Waals surface area contributed by atoms with Gasteiger partial charge in [0.25, 0.3) is 5.91 Å². The largest absolute Gasteiger partial charge is 0.375 e. The first-order valence-corrected chi connectivity index (χ1v) is 6.99. The van der Waals surface area contributed by atoms with E-state index < -0.39 is 0 Å². The van der Waals surface area contributed by atoms with E-state index in [1.54, 1.807) is 0 Å². The molecule has 1 aromatic rings. The first-order valence-electron chi connectivity index (χ1n) is 6.99. The summed E-state index contributed by atoms with van der Waals surface area (Å²) in [6.45, 7) is 2.37. The van der Waals surface area contributed by atoms with Crippen molar-refractivity contribution in [3.63, 3.8) is 0 Å². The van der Waals surface area contributed by atoms with Gasteiger partial charge in [-0.05, 0) is 17.5 Å². The van der Waals surface area contributed by atoms with Gasteiger partial charge in [0, 0.05) is 18.0 Å². The molecule has 2 aliphatic heterocycles. The number of fused-ring (bicyclic) bond motifs is 5. The molecule has 2 heterocycles. The molecule has 0 saturated heterocycles. The SMILES string of the molecule is CCc1c(F)c2c(c3c1CNC3=O)C1C=CC=CC1N2. The van der Waals surface area contributed by atoms with Crippen molar-refractivity contribution in [1.82, 2.24) is 5.32 Å². The number of halogens is 1. The van der Waals surface area contributed by atoms with Gasteiger partial charge in [-0.3, -0.25) is 4.79 Å². The van der Waals surface area contributed by atoms with Crippen LogP contribution in [0.4, 0.5) is 10.1 Å². The summed E-state index contributed by atoms with van der Waals surface area (Å²) in [5.41, 5.74) is 3.55. The molecule has 3 aliphatic rings. The Labute approximate surface area is 116 Å². The molecule has 4 rings (SSSR count). The average Bonchev–Trinajstić information content (AvgIpc) is 3.01. The van der Waals surface area contributed by atoms with Crippen LogP contribution in [-0.4, -0.2) is 11.9 Å². The second kappa shape index (κ2) is 3.95. The number of allylic oxidation sites excluding steroid dienone is 2. The number of hydrogen-bond acceptors (Lipinski definition) is 2. The Hall–Kier alpha value is -2.10. The lowest BCUT2D eigenvalue weighted by molar-refractivity contribution is 0.0965. The normalized spacial score (nSPS) is 25.0. The average molecular weight is 270 g/mol. The number of anilines is 1. The maximum Gasteiger partial charge on any atom is 0.252 e. The molecule has 1 amide bonds.